The first-order chi connectivity index (χ1) is 13.5. The number of carbonyl (C=O) groups excluding carboxylic acids is 3. The summed E-state index contributed by atoms with van der Waals surface area (Å²) in [5, 5.41) is 5.55. The maximum absolute atomic E-state index is 12.6. The number of rotatable bonds is 4. The fraction of sp³-hybridized carbons (Fsp3) is 0.200. The minimum absolute atomic E-state index is 0.0153. The molecule has 2 aromatic carbocycles. The molecule has 2 heterocycles. The second-order valence-electron chi connectivity index (χ2n) is 6.65. The van der Waals surface area contributed by atoms with Crippen molar-refractivity contribution in [3.05, 3.63) is 48.8 Å². The molecule has 4 rings (SSSR count). The van der Waals surface area contributed by atoms with Crippen LogP contribution in [0, 0.1) is 0 Å². The first kappa shape index (κ1) is 17.7. The highest BCUT2D eigenvalue weighted by Crippen LogP contribution is 2.29. The van der Waals surface area contributed by atoms with Crippen molar-refractivity contribution >= 4 is 45.8 Å². The number of aromatic nitrogens is 2. The molecule has 0 atom stereocenters. The minimum Gasteiger partial charge on any atom is -0.334 e. The number of anilines is 3. The number of para-hydroxylation sites is 2. The van der Waals surface area contributed by atoms with Gasteiger partial charge in [0.05, 0.1) is 28.7 Å². The lowest BCUT2D eigenvalue weighted by molar-refractivity contribution is -0.124. The molecule has 0 unspecified atom stereocenters. The Balaban J connectivity index is 1.40. The van der Waals surface area contributed by atoms with Crippen molar-refractivity contribution < 1.29 is 14.4 Å². The molecule has 0 radical (unpaired) electrons. The quantitative estimate of drug-likeness (QED) is 0.729. The number of carbonyl (C=O) groups is 3. The average Bonchev–Trinajstić information content (AvgIpc) is 3.06. The van der Waals surface area contributed by atoms with Crippen LogP contribution in [0.25, 0.3) is 11.0 Å². The summed E-state index contributed by atoms with van der Waals surface area (Å²) < 4.78 is 1.87. The fourth-order valence-corrected chi connectivity index (χ4v) is 3.24. The molecule has 3 aromatic rings. The molecule has 0 saturated carbocycles. The second-order valence-corrected chi connectivity index (χ2v) is 6.65. The molecule has 0 fully saturated rings. The summed E-state index contributed by atoms with van der Waals surface area (Å²) >= 11 is 0. The first-order valence-electron chi connectivity index (χ1n) is 8.91. The number of aryl methyl sites for hydroxylation is 1. The zero-order chi connectivity index (χ0) is 19.7. The summed E-state index contributed by atoms with van der Waals surface area (Å²) in [5.41, 5.74) is 3.65. The number of fused-ring (bicyclic) bond motifs is 2. The van der Waals surface area contributed by atoms with Gasteiger partial charge in [0.15, 0.2) is 0 Å². The highest BCUT2D eigenvalue weighted by atomic mass is 16.2. The SMILES string of the molecule is Cn1cnc2ccc(NC(=O)CCC(=O)N3CC(=O)Nc4ccccc43)cc21. The summed E-state index contributed by atoms with van der Waals surface area (Å²) in [6, 6.07) is 12.6. The van der Waals surface area contributed by atoms with E-state index >= 15 is 0 Å². The lowest BCUT2D eigenvalue weighted by Crippen LogP contribution is -2.42. The molecule has 1 aliphatic heterocycles. The van der Waals surface area contributed by atoms with Crippen LogP contribution in [0.5, 0.6) is 0 Å². The lowest BCUT2D eigenvalue weighted by Gasteiger charge is -2.29. The summed E-state index contributed by atoms with van der Waals surface area (Å²) in [6.45, 7) is -0.0470. The van der Waals surface area contributed by atoms with Gasteiger partial charge in [0.2, 0.25) is 17.7 Å². The smallest absolute Gasteiger partial charge is 0.244 e. The third-order valence-corrected chi connectivity index (χ3v) is 4.65. The number of nitrogens with zero attached hydrogens (tertiary/aromatic N) is 3. The highest BCUT2D eigenvalue weighted by Gasteiger charge is 2.26. The van der Waals surface area contributed by atoms with Crippen molar-refractivity contribution in [2.24, 2.45) is 7.05 Å². The third-order valence-electron chi connectivity index (χ3n) is 4.65. The van der Waals surface area contributed by atoms with E-state index in [1.807, 2.05) is 23.7 Å². The van der Waals surface area contributed by atoms with Gasteiger partial charge in [-0.15, -0.1) is 0 Å². The molecule has 0 saturated heterocycles. The standard InChI is InChI=1S/C20H19N5O3/c1-24-12-21-14-7-6-13(10-17(14)24)22-18(26)8-9-20(28)25-11-19(27)23-15-4-2-3-5-16(15)25/h2-7,10,12H,8-9,11H2,1H3,(H,22,26)(H,23,27). The van der Waals surface area contributed by atoms with Gasteiger partial charge >= 0.3 is 0 Å². The van der Waals surface area contributed by atoms with Crippen molar-refractivity contribution in [3.8, 4) is 0 Å². The molecule has 2 N–H and O–H groups in total. The largest absolute Gasteiger partial charge is 0.334 e. The van der Waals surface area contributed by atoms with Crippen LogP contribution in [-0.4, -0.2) is 33.8 Å². The monoisotopic (exact) mass is 377 g/mol. The molecular formula is C20H19N5O3. The van der Waals surface area contributed by atoms with Crippen molar-refractivity contribution in [1.82, 2.24) is 9.55 Å². The van der Waals surface area contributed by atoms with Crippen LogP contribution in [0.15, 0.2) is 48.8 Å². The van der Waals surface area contributed by atoms with Gasteiger partial charge in [-0.25, -0.2) is 4.98 Å². The van der Waals surface area contributed by atoms with Crippen LogP contribution in [0.2, 0.25) is 0 Å². The Labute approximate surface area is 161 Å². The van der Waals surface area contributed by atoms with Gasteiger partial charge < -0.3 is 20.1 Å². The normalized spacial score (nSPS) is 13.2. The Bertz CT molecular complexity index is 1090. The molecule has 142 valence electrons. The number of benzene rings is 2. The topological polar surface area (TPSA) is 96.3 Å². The predicted molar refractivity (Wildman–Crippen MR) is 106 cm³/mol. The van der Waals surface area contributed by atoms with E-state index in [-0.39, 0.29) is 37.1 Å². The molecule has 1 aromatic heterocycles. The Kier molecular flexibility index (Phi) is 4.52. The average molecular weight is 377 g/mol. The van der Waals surface area contributed by atoms with Crippen LogP contribution in [0.1, 0.15) is 12.8 Å². The molecule has 0 spiro atoms. The summed E-state index contributed by atoms with van der Waals surface area (Å²) in [4.78, 5) is 42.4. The van der Waals surface area contributed by atoms with Gasteiger partial charge in [-0.2, -0.15) is 0 Å². The fourth-order valence-electron chi connectivity index (χ4n) is 3.24. The van der Waals surface area contributed by atoms with Gasteiger partial charge in [0, 0.05) is 25.6 Å². The maximum atomic E-state index is 12.6. The van der Waals surface area contributed by atoms with Crippen LogP contribution in [0.4, 0.5) is 17.1 Å². The van der Waals surface area contributed by atoms with Crippen molar-refractivity contribution in [2.75, 3.05) is 22.1 Å². The van der Waals surface area contributed by atoms with Gasteiger partial charge in [-0.3, -0.25) is 14.4 Å². The Morgan fingerprint density at radius 1 is 1.18 bits per heavy atom. The zero-order valence-electron chi connectivity index (χ0n) is 15.3. The molecule has 0 bridgehead atoms. The summed E-state index contributed by atoms with van der Waals surface area (Å²) in [5.74, 6) is -0.773. The van der Waals surface area contributed by atoms with E-state index in [4.69, 9.17) is 0 Å². The van der Waals surface area contributed by atoms with Crippen LogP contribution >= 0.6 is 0 Å². The Morgan fingerprint density at radius 2 is 2.00 bits per heavy atom. The Morgan fingerprint density at radius 3 is 2.86 bits per heavy atom. The number of hydrogen-bond acceptors (Lipinski definition) is 4. The predicted octanol–water partition coefficient (Wildman–Crippen LogP) is 2.28. The highest BCUT2D eigenvalue weighted by molar-refractivity contribution is 6.10. The summed E-state index contributed by atoms with van der Waals surface area (Å²) in [7, 11) is 1.88. The minimum atomic E-state index is -0.264. The molecule has 28 heavy (non-hydrogen) atoms. The van der Waals surface area contributed by atoms with Gasteiger partial charge in [-0.1, -0.05) is 12.1 Å². The molecule has 3 amide bonds. The van der Waals surface area contributed by atoms with Gasteiger partial charge in [-0.05, 0) is 30.3 Å². The van der Waals surface area contributed by atoms with E-state index in [1.165, 1.54) is 4.90 Å². The van der Waals surface area contributed by atoms with Crippen LogP contribution < -0.4 is 15.5 Å². The first-order valence-corrected chi connectivity index (χ1v) is 8.91. The lowest BCUT2D eigenvalue weighted by atomic mass is 10.1. The van der Waals surface area contributed by atoms with E-state index in [1.54, 1.807) is 36.7 Å². The van der Waals surface area contributed by atoms with Crippen molar-refractivity contribution in [2.45, 2.75) is 12.8 Å². The molecule has 8 nitrogen and oxygen atoms in total. The molecule has 8 heteroatoms. The van der Waals surface area contributed by atoms with Crippen LogP contribution in [-0.2, 0) is 21.4 Å². The molecule has 1 aliphatic rings. The van der Waals surface area contributed by atoms with E-state index in [9.17, 15) is 14.4 Å². The van der Waals surface area contributed by atoms with Crippen molar-refractivity contribution in [1.29, 1.82) is 0 Å². The maximum Gasteiger partial charge on any atom is 0.244 e. The number of amides is 3. The van der Waals surface area contributed by atoms with Crippen molar-refractivity contribution in [3.63, 3.8) is 0 Å². The van der Waals surface area contributed by atoms with E-state index in [2.05, 4.69) is 15.6 Å². The van der Waals surface area contributed by atoms with Crippen LogP contribution in [0.3, 0.4) is 0 Å². The number of imidazole rings is 1. The number of nitrogens with one attached hydrogen (secondary N) is 2. The van der Waals surface area contributed by atoms with Gasteiger partial charge in [0.25, 0.3) is 0 Å². The second kappa shape index (κ2) is 7.15. The zero-order valence-corrected chi connectivity index (χ0v) is 15.3. The van der Waals surface area contributed by atoms with E-state index in [0.717, 1.165) is 11.0 Å². The van der Waals surface area contributed by atoms with Gasteiger partial charge in [0.1, 0.15) is 6.54 Å². The summed E-state index contributed by atoms with van der Waals surface area (Å²) in [6.07, 6.45) is 1.76. The Hall–Kier alpha value is -3.68. The third kappa shape index (κ3) is 3.44. The molecule has 0 aliphatic carbocycles. The molecular weight excluding hydrogens is 358 g/mol. The van der Waals surface area contributed by atoms with E-state index < -0.39 is 0 Å². The van der Waals surface area contributed by atoms with E-state index in [0.29, 0.717) is 17.1 Å². The number of hydrogen-bond donors (Lipinski definition) is 2.